The number of hydrogen-bond acceptors (Lipinski definition) is 2. The Morgan fingerprint density at radius 1 is 1.20 bits per heavy atom. The summed E-state index contributed by atoms with van der Waals surface area (Å²) < 4.78 is 2.30. The molecule has 3 rings (SSSR count). The first-order valence-corrected chi connectivity index (χ1v) is 7.30. The first-order chi connectivity index (χ1) is 9.65. The van der Waals surface area contributed by atoms with Crippen LogP contribution in [0.4, 0.5) is 0 Å². The molecule has 0 amide bonds. The predicted molar refractivity (Wildman–Crippen MR) is 81.1 cm³/mol. The van der Waals surface area contributed by atoms with Crippen molar-refractivity contribution in [3.63, 3.8) is 0 Å². The number of aryl methyl sites for hydroxylation is 1. The van der Waals surface area contributed by atoms with Gasteiger partial charge in [-0.05, 0) is 50.5 Å². The molecule has 0 atom stereocenters. The van der Waals surface area contributed by atoms with E-state index in [-0.39, 0.29) is 6.10 Å². The minimum Gasteiger partial charge on any atom is -0.393 e. The van der Waals surface area contributed by atoms with E-state index in [0.717, 1.165) is 19.4 Å². The lowest BCUT2D eigenvalue weighted by atomic mass is 9.89. The number of hydrogen-bond donors (Lipinski definition) is 2. The Hall–Kier alpha value is -1.58. The van der Waals surface area contributed by atoms with Gasteiger partial charge in [0.15, 0.2) is 0 Å². The van der Waals surface area contributed by atoms with Crippen molar-refractivity contribution in [1.82, 2.24) is 9.88 Å². The van der Waals surface area contributed by atoms with Crippen LogP contribution in [0.2, 0.25) is 0 Å². The highest BCUT2D eigenvalue weighted by molar-refractivity contribution is 5.40. The maximum atomic E-state index is 9.32. The van der Waals surface area contributed by atoms with Crippen molar-refractivity contribution in [3.8, 4) is 5.69 Å². The van der Waals surface area contributed by atoms with Gasteiger partial charge in [0.05, 0.1) is 6.10 Å². The molecular formula is C17H22N2O. The molecule has 0 unspecified atom stereocenters. The van der Waals surface area contributed by atoms with Crippen molar-refractivity contribution in [3.05, 3.63) is 53.3 Å². The summed E-state index contributed by atoms with van der Waals surface area (Å²) in [5, 5.41) is 12.8. The molecule has 1 heterocycles. The largest absolute Gasteiger partial charge is 0.393 e. The fraction of sp³-hybridized carbons (Fsp3) is 0.412. The van der Waals surface area contributed by atoms with Crippen LogP contribution in [-0.2, 0) is 6.54 Å². The first kappa shape index (κ1) is 13.4. The third-order valence-corrected chi connectivity index (χ3v) is 4.24. The minimum absolute atomic E-state index is 0.0933. The van der Waals surface area contributed by atoms with Gasteiger partial charge in [-0.25, -0.2) is 0 Å². The number of rotatable bonds is 4. The second-order valence-corrected chi connectivity index (χ2v) is 5.77. The zero-order chi connectivity index (χ0) is 14.1. The monoisotopic (exact) mass is 270 g/mol. The van der Waals surface area contributed by atoms with Gasteiger partial charge in [-0.15, -0.1) is 0 Å². The van der Waals surface area contributed by atoms with Crippen molar-refractivity contribution >= 4 is 0 Å². The van der Waals surface area contributed by atoms with Crippen molar-refractivity contribution in [2.75, 3.05) is 0 Å². The number of aliphatic hydroxyl groups excluding tert-OH is 1. The van der Waals surface area contributed by atoms with Crippen LogP contribution in [0.3, 0.4) is 0 Å². The first-order valence-electron chi connectivity index (χ1n) is 7.30. The molecule has 20 heavy (non-hydrogen) atoms. The molecule has 0 radical (unpaired) electrons. The third kappa shape index (κ3) is 2.51. The Kier molecular flexibility index (Phi) is 3.64. The van der Waals surface area contributed by atoms with Gasteiger partial charge in [0, 0.05) is 29.7 Å². The predicted octanol–water partition coefficient (Wildman–Crippen LogP) is 2.71. The number of aliphatic hydroxyl groups is 1. The molecule has 0 spiro atoms. The van der Waals surface area contributed by atoms with Crippen molar-refractivity contribution in [2.24, 2.45) is 0 Å². The molecule has 0 aliphatic heterocycles. The van der Waals surface area contributed by atoms with E-state index in [2.05, 4.69) is 54.1 Å². The lowest BCUT2D eigenvalue weighted by Crippen LogP contribution is -2.43. The van der Waals surface area contributed by atoms with E-state index >= 15 is 0 Å². The van der Waals surface area contributed by atoms with Crippen LogP contribution in [-0.4, -0.2) is 21.8 Å². The van der Waals surface area contributed by atoms with E-state index in [0.29, 0.717) is 6.04 Å². The summed E-state index contributed by atoms with van der Waals surface area (Å²) in [6.45, 7) is 5.20. The number of nitrogens with zero attached hydrogens (tertiary/aromatic N) is 1. The number of aromatic nitrogens is 1. The Balaban J connectivity index is 1.77. The molecular weight excluding hydrogens is 248 g/mol. The number of para-hydroxylation sites is 1. The zero-order valence-corrected chi connectivity index (χ0v) is 12.1. The van der Waals surface area contributed by atoms with Crippen molar-refractivity contribution in [2.45, 2.75) is 45.4 Å². The maximum absolute atomic E-state index is 9.32. The normalized spacial score (nSPS) is 21.8. The fourth-order valence-corrected chi connectivity index (χ4v) is 2.99. The molecule has 2 N–H and O–H groups in total. The highest BCUT2D eigenvalue weighted by Gasteiger charge is 2.26. The van der Waals surface area contributed by atoms with Gasteiger partial charge in [0.1, 0.15) is 0 Å². The summed E-state index contributed by atoms with van der Waals surface area (Å²) >= 11 is 0. The van der Waals surface area contributed by atoms with Gasteiger partial charge < -0.3 is 15.0 Å². The Morgan fingerprint density at radius 3 is 2.55 bits per heavy atom. The highest BCUT2D eigenvalue weighted by atomic mass is 16.3. The summed E-state index contributed by atoms with van der Waals surface area (Å²) in [7, 11) is 0. The molecule has 2 aromatic rings. The van der Waals surface area contributed by atoms with Crippen LogP contribution in [0.1, 0.15) is 29.8 Å². The molecule has 1 fully saturated rings. The zero-order valence-electron chi connectivity index (χ0n) is 12.1. The van der Waals surface area contributed by atoms with E-state index in [9.17, 15) is 5.11 Å². The number of benzene rings is 1. The van der Waals surface area contributed by atoms with E-state index in [1.807, 2.05) is 6.07 Å². The van der Waals surface area contributed by atoms with Crippen LogP contribution in [0.25, 0.3) is 5.69 Å². The lowest BCUT2D eigenvalue weighted by Gasteiger charge is -2.32. The fourth-order valence-electron chi connectivity index (χ4n) is 2.99. The van der Waals surface area contributed by atoms with E-state index in [4.69, 9.17) is 0 Å². The molecule has 1 aliphatic rings. The van der Waals surface area contributed by atoms with E-state index < -0.39 is 0 Å². The summed E-state index contributed by atoms with van der Waals surface area (Å²) in [4.78, 5) is 0. The van der Waals surface area contributed by atoms with Gasteiger partial charge in [0.2, 0.25) is 0 Å². The Bertz CT molecular complexity index is 583. The van der Waals surface area contributed by atoms with Crippen molar-refractivity contribution < 1.29 is 5.11 Å². The Morgan fingerprint density at radius 2 is 1.90 bits per heavy atom. The van der Waals surface area contributed by atoms with Crippen LogP contribution in [0.15, 0.2) is 36.4 Å². The molecule has 1 saturated carbocycles. The minimum atomic E-state index is -0.0933. The molecule has 0 saturated heterocycles. The van der Waals surface area contributed by atoms with Crippen LogP contribution in [0.5, 0.6) is 0 Å². The second-order valence-electron chi connectivity index (χ2n) is 5.77. The van der Waals surface area contributed by atoms with Gasteiger partial charge in [-0.3, -0.25) is 0 Å². The summed E-state index contributed by atoms with van der Waals surface area (Å²) in [5.74, 6) is 0. The standard InChI is InChI=1S/C17H22N2O/c1-12-8-14(11-18-15-9-17(20)10-15)13(2)19(12)16-6-4-3-5-7-16/h3-8,15,17-18,20H,9-11H2,1-2H3. The summed E-state index contributed by atoms with van der Waals surface area (Å²) in [5.41, 5.74) is 5.11. The molecule has 106 valence electrons. The average Bonchev–Trinajstić information content (AvgIpc) is 2.69. The molecule has 0 bridgehead atoms. The average molecular weight is 270 g/mol. The van der Waals surface area contributed by atoms with Gasteiger partial charge in [-0.1, -0.05) is 18.2 Å². The van der Waals surface area contributed by atoms with E-state index in [1.54, 1.807) is 0 Å². The third-order valence-electron chi connectivity index (χ3n) is 4.24. The van der Waals surface area contributed by atoms with Crippen LogP contribution < -0.4 is 5.32 Å². The van der Waals surface area contributed by atoms with Crippen LogP contribution >= 0.6 is 0 Å². The van der Waals surface area contributed by atoms with Gasteiger partial charge >= 0.3 is 0 Å². The SMILES string of the molecule is Cc1cc(CNC2CC(O)C2)c(C)n1-c1ccccc1. The van der Waals surface area contributed by atoms with Crippen molar-refractivity contribution in [1.29, 1.82) is 0 Å². The maximum Gasteiger partial charge on any atom is 0.0570 e. The van der Waals surface area contributed by atoms with Gasteiger partial charge in [0.25, 0.3) is 0 Å². The summed E-state index contributed by atoms with van der Waals surface area (Å²) in [6.07, 6.45) is 1.68. The summed E-state index contributed by atoms with van der Waals surface area (Å²) in [6, 6.07) is 13.2. The molecule has 3 heteroatoms. The quantitative estimate of drug-likeness (QED) is 0.896. The topological polar surface area (TPSA) is 37.2 Å². The van der Waals surface area contributed by atoms with E-state index in [1.165, 1.54) is 22.6 Å². The van der Waals surface area contributed by atoms with Crippen LogP contribution in [0, 0.1) is 13.8 Å². The van der Waals surface area contributed by atoms with Gasteiger partial charge in [-0.2, -0.15) is 0 Å². The Labute approximate surface area is 120 Å². The smallest absolute Gasteiger partial charge is 0.0570 e. The molecule has 3 nitrogen and oxygen atoms in total. The molecule has 1 aliphatic carbocycles. The highest BCUT2D eigenvalue weighted by Crippen LogP contribution is 2.23. The lowest BCUT2D eigenvalue weighted by molar-refractivity contribution is 0.0619. The molecule has 1 aromatic heterocycles. The number of nitrogens with one attached hydrogen (secondary N) is 1. The second kappa shape index (κ2) is 5.43. The molecule has 1 aromatic carbocycles.